The zero-order chi connectivity index (χ0) is 38.5. The minimum atomic E-state index is -1.65. The third-order valence-corrected chi connectivity index (χ3v) is 7.90. The number of nitrogens with two attached hydrogens (primary N) is 2. The Morgan fingerprint density at radius 2 is 1.17 bits per heavy atom. The van der Waals surface area contributed by atoms with Gasteiger partial charge in [-0.05, 0) is 31.0 Å². The molecule has 18 heteroatoms. The summed E-state index contributed by atoms with van der Waals surface area (Å²) in [5.41, 5.74) is 12.8. The minimum absolute atomic E-state index is 0.0540. The second-order valence-corrected chi connectivity index (χ2v) is 12.1. The maximum atomic E-state index is 13.4. The van der Waals surface area contributed by atoms with E-state index in [0.29, 0.717) is 11.1 Å². The van der Waals surface area contributed by atoms with Crippen molar-refractivity contribution in [3.8, 4) is 0 Å². The zero-order valence-electron chi connectivity index (χ0n) is 28.4. The van der Waals surface area contributed by atoms with Crippen LogP contribution in [-0.4, -0.2) is 98.8 Å². The first kappa shape index (κ1) is 40.1. The molecule has 0 aliphatic carbocycles. The molecule has 0 spiro atoms. The fraction of sp³-hybridized carbons (Fsp3) is 0.353. The molecule has 1 heterocycles. The van der Waals surface area contributed by atoms with Gasteiger partial charge in [0.2, 0.25) is 35.4 Å². The summed E-state index contributed by atoms with van der Waals surface area (Å²) in [6.07, 6.45) is 0.142. The summed E-state index contributed by atoms with van der Waals surface area (Å²) in [6, 6.07) is 7.41. The molecular formula is C34H42N8O10. The molecule has 3 aromatic rings. The smallest absolute Gasteiger partial charge is 0.326 e. The number of carboxylic acid groups (broad SMARTS) is 2. The second-order valence-electron chi connectivity index (χ2n) is 12.1. The monoisotopic (exact) mass is 722 g/mol. The third kappa shape index (κ3) is 11.9. The highest BCUT2D eigenvalue weighted by atomic mass is 16.4. The first-order valence-electron chi connectivity index (χ1n) is 16.1. The van der Waals surface area contributed by atoms with Crippen LogP contribution in [0.2, 0.25) is 0 Å². The van der Waals surface area contributed by atoms with Gasteiger partial charge in [-0.15, -0.1) is 0 Å². The zero-order valence-corrected chi connectivity index (χ0v) is 28.4. The van der Waals surface area contributed by atoms with Crippen molar-refractivity contribution in [2.75, 3.05) is 0 Å². The Morgan fingerprint density at radius 3 is 1.79 bits per heavy atom. The molecule has 0 saturated carbocycles. The van der Waals surface area contributed by atoms with E-state index in [1.54, 1.807) is 54.7 Å². The van der Waals surface area contributed by atoms with Crippen molar-refractivity contribution in [1.82, 2.24) is 31.6 Å². The number of rotatable bonds is 19. The number of carbonyl (C=O) groups excluding carboxylic acids is 6. The predicted octanol–water partition coefficient (Wildman–Crippen LogP) is -1.82. The summed E-state index contributed by atoms with van der Waals surface area (Å²) in [6.45, 7) is 2.64. The summed E-state index contributed by atoms with van der Waals surface area (Å²) < 4.78 is 0. The lowest BCUT2D eigenvalue weighted by molar-refractivity contribution is -0.143. The fourth-order valence-corrected chi connectivity index (χ4v) is 5.10. The van der Waals surface area contributed by atoms with Crippen molar-refractivity contribution in [1.29, 1.82) is 0 Å². The molecule has 2 aromatic carbocycles. The van der Waals surface area contributed by atoms with Crippen LogP contribution in [0.5, 0.6) is 0 Å². The Kier molecular flexibility index (Phi) is 14.4. The van der Waals surface area contributed by atoms with E-state index >= 15 is 0 Å². The number of aliphatic carboxylic acids is 2. The summed E-state index contributed by atoms with van der Waals surface area (Å²) in [7, 11) is 0. The van der Waals surface area contributed by atoms with Gasteiger partial charge < -0.3 is 53.2 Å². The van der Waals surface area contributed by atoms with Gasteiger partial charge in [0.1, 0.15) is 30.2 Å². The third-order valence-electron chi connectivity index (χ3n) is 7.90. The average molecular weight is 723 g/mol. The van der Waals surface area contributed by atoms with Crippen LogP contribution in [0.4, 0.5) is 0 Å². The number of nitrogens with one attached hydrogen (secondary N) is 6. The number of para-hydroxylation sites is 1. The maximum absolute atomic E-state index is 13.4. The number of amides is 6. The number of aromatic amines is 1. The van der Waals surface area contributed by atoms with Crippen molar-refractivity contribution in [3.63, 3.8) is 0 Å². The molecule has 0 aliphatic rings. The number of hydrogen-bond donors (Lipinski definition) is 10. The quantitative estimate of drug-likeness (QED) is 0.0657. The molecule has 0 aliphatic heterocycles. The van der Waals surface area contributed by atoms with Gasteiger partial charge in [0, 0.05) is 29.9 Å². The van der Waals surface area contributed by atoms with Gasteiger partial charge in [0.15, 0.2) is 0 Å². The van der Waals surface area contributed by atoms with Gasteiger partial charge in [-0.3, -0.25) is 33.6 Å². The highest BCUT2D eigenvalue weighted by Gasteiger charge is 2.31. The Balaban J connectivity index is 1.70. The molecule has 52 heavy (non-hydrogen) atoms. The number of carbonyl (C=O) groups is 8. The first-order valence-corrected chi connectivity index (χ1v) is 16.1. The first-order chi connectivity index (χ1) is 24.5. The topological polar surface area (TPSA) is 305 Å². The average Bonchev–Trinajstić information content (AvgIpc) is 3.49. The number of H-pyrrole nitrogens is 1. The van der Waals surface area contributed by atoms with Crippen molar-refractivity contribution in [2.24, 2.45) is 11.5 Å². The summed E-state index contributed by atoms with van der Waals surface area (Å²) in [4.78, 5) is 103. The Hall–Kier alpha value is -6.30. The fourth-order valence-electron chi connectivity index (χ4n) is 5.10. The van der Waals surface area contributed by atoms with E-state index in [9.17, 15) is 43.5 Å². The summed E-state index contributed by atoms with van der Waals surface area (Å²) >= 11 is 0. The molecule has 0 fully saturated rings. The molecule has 6 amide bonds. The number of hydrogen-bond acceptors (Lipinski definition) is 9. The van der Waals surface area contributed by atoms with Gasteiger partial charge >= 0.3 is 11.9 Å². The molecule has 0 radical (unpaired) electrons. The van der Waals surface area contributed by atoms with E-state index in [4.69, 9.17) is 16.6 Å². The standard InChI is InChI=1S/C34H42N8O10/c1-17(39-32(49)25(41-31(48)22(35)14-28(44)45)13-20-16-37-23-11-7-6-10-21(20)23)29(46)38-18(2)30(47)40-24(12-19-8-4-3-5-9-19)33(50)42-26(34(51)52)15-27(36)43/h3-11,16-18,22,24-26,37H,12-15,35H2,1-2H3,(H2,36,43)(H,38,46)(H,39,49)(H,40,47)(H,41,48)(H,42,50)(H,44,45)(H,51,52)/t17-,18-,22-,24-,25-,26-/m0/s1. The minimum Gasteiger partial charge on any atom is -0.481 e. The van der Waals surface area contributed by atoms with Crippen LogP contribution in [-0.2, 0) is 51.2 Å². The van der Waals surface area contributed by atoms with Crippen LogP contribution in [0.1, 0.15) is 37.8 Å². The largest absolute Gasteiger partial charge is 0.481 e. The van der Waals surface area contributed by atoms with Crippen LogP contribution in [0.25, 0.3) is 10.9 Å². The van der Waals surface area contributed by atoms with Crippen LogP contribution in [0.15, 0.2) is 60.8 Å². The molecule has 1 aromatic heterocycles. The van der Waals surface area contributed by atoms with Crippen LogP contribution in [0, 0.1) is 0 Å². The van der Waals surface area contributed by atoms with Gasteiger partial charge in [-0.2, -0.15) is 0 Å². The predicted molar refractivity (Wildman–Crippen MR) is 185 cm³/mol. The van der Waals surface area contributed by atoms with Gasteiger partial charge in [-0.25, -0.2) is 4.79 Å². The molecular weight excluding hydrogens is 680 g/mol. The van der Waals surface area contributed by atoms with E-state index in [1.165, 1.54) is 13.8 Å². The lowest BCUT2D eigenvalue weighted by Gasteiger charge is -2.25. The SMILES string of the molecule is C[C@H](NC(=O)[C@H](C)NC(=O)[C@H](Cc1c[nH]c2ccccc12)NC(=O)[C@@H](N)CC(=O)O)C(=O)N[C@@H](Cc1ccccc1)C(=O)N[C@@H](CC(N)=O)C(=O)O. The highest BCUT2D eigenvalue weighted by molar-refractivity contribution is 5.97. The Morgan fingerprint density at radius 1 is 0.654 bits per heavy atom. The number of benzene rings is 2. The molecule has 0 saturated heterocycles. The van der Waals surface area contributed by atoms with E-state index in [1.807, 2.05) is 6.07 Å². The van der Waals surface area contributed by atoms with Crippen molar-refractivity contribution in [3.05, 3.63) is 71.9 Å². The number of fused-ring (bicyclic) bond motifs is 1. The second kappa shape index (κ2) is 18.6. The molecule has 18 nitrogen and oxygen atoms in total. The molecule has 12 N–H and O–H groups in total. The van der Waals surface area contributed by atoms with Crippen molar-refractivity contribution >= 4 is 58.3 Å². The lowest BCUT2D eigenvalue weighted by Crippen LogP contribution is -2.58. The molecule has 0 unspecified atom stereocenters. The summed E-state index contributed by atoms with van der Waals surface area (Å²) in [5, 5.41) is 31.3. The van der Waals surface area contributed by atoms with Crippen LogP contribution < -0.4 is 38.1 Å². The number of primary amides is 1. The van der Waals surface area contributed by atoms with Crippen LogP contribution >= 0.6 is 0 Å². The molecule has 278 valence electrons. The highest BCUT2D eigenvalue weighted by Crippen LogP contribution is 2.19. The van der Waals surface area contributed by atoms with E-state index in [-0.39, 0.29) is 12.8 Å². The van der Waals surface area contributed by atoms with E-state index in [0.717, 1.165) is 10.9 Å². The van der Waals surface area contributed by atoms with E-state index < -0.39 is 96.5 Å². The Bertz CT molecular complexity index is 1800. The molecule has 0 bridgehead atoms. The maximum Gasteiger partial charge on any atom is 0.326 e. The number of aromatic nitrogens is 1. The van der Waals surface area contributed by atoms with Gasteiger partial charge in [0.25, 0.3) is 0 Å². The number of carboxylic acids is 2. The van der Waals surface area contributed by atoms with Gasteiger partial charge in [0.05, 0.1) is 18.9 Å². The lowest BCUT2D eigenvalue weighted by atomic mass is 10.0. The molecule has 3 rings (SSSR count). The normalized spacial score (nSPS) is 14.4. The van der Waals surface area contributed by atoms with Crippen molar-refractivity contribution < 1.29 is 48.6 Å². The van der Waals surface area contributed by atoms with Crippen LogP contribution in [0.3, 0.4) is 0 Å². The summed E-state index contributed by atoms with van der Waals surface area (Å²) in [5.74, 6) is -8.07. The van der Waals surface area contributed by atoms with E-state index in [2.05, 4.69) is 31.6 Å². The Labute approximate surface area is 297 Å². The van der Waals surface area contributed by atoms with Crippen molar-refractivity contribution in [2.45, 2.75) is 75.8 Å². The molecule has 6 atom stereocenters. The van der Waals surface area contributed by atoms with Gasteiger partial charge in [-0.1, -0.05) is 48.5 Å².